The van der Waals surface area contributed by atoms with Crippen molar-refractivity contribution < 1.29 is 32.6 Å². The Kier molecular flexibility index (Phi) is 6.10. The van der Waals surface area contributed by atoms with E-state index < -0.39 is 30.2 Å². The second-order valence-corrected chi connectivity index (χ2v) is 3.77. The Morgan fingerprint density at radius 3 is 2.39 bits per heavy atom. The van der Waals surface area contributed by atoms with Crippen LogP contribution in [0.4, 0.5) is 13.2 Å². The number of alkyl halides is 3. The summed E-state index contributed by atoms with van der Waals surface area (Å²) in [5.74, 6) is -1.35. The monoisotopic (exact) mass is 271 g/mol. The van der Waals surface area contributed by atoms with Crippen molar-refractivity contribution in [2.45, 2.75) is 44.0 Å². The molecular formula is C10H16F3NO4. The molecule has 0 aliphatic carbocycles. The molecule has 0 spiro atoms. The predicted octanol–water partition coefficient (Wildman–Crippen LogP) is 0.758. The summed E-state index contributed by atoms with van der Waals surface area (Å²) >= 11 is 0. The van der Waals surface area contributed by atoms with Crippen LogP contribution >= 0.6 is 0 Å². The first kappa shape index (κ1) is 16.7. The molecule has 0 heterocycles. The summed E-state index contributed by atoms with van der Waals surface area (Å²) in [5.41, 5.74) is -3.34. The van der Waals surface area contributed by atoms with Gasteiger partial charge in [-0.05, 0) is 6.42 Å². The lowest BCUT2D eigenvalue weighted by Crippen LogP contribution is -2.63. The summed E-state index contributed by atoms with van der Waals surface area (Å²) in [7, 11) is 0.873. The van der Waals surface area contributed by atoms with Crippen molar-refractivity contribution in [1.29, 1.82) is 0 Å². The van der Waals surface area contributed by atoms with E-state index >= 15 is 0 Å². The molecular weight excluding hydrogens is 255 g/mol. The van der Waals surface area contributed by atoms with E-state index in [2.05, 4.69) is 4.74 Å². The molecule has 0 saturated carbocycles. The fourth-order valence-corrected chi connectivity index (χ4v) is 1.48. The molecule has 0 aromatic carbocycles. The molecule has 8 heteroatoms. The van der Waals surface area contributed by atoms with Crippen LogP contribution in [0.3, 0.4) is 0 Å². The molecule has 0 aliphatic rings. The van der Waals surface area contributed by atoms with Crippen LogP contribution in [0.1, 0.15) is 26.2 Å². The number of carbonyl (C=O) groups is 2. The molecule has 0 aliphatic heterocycles. The van der Waals surface area contributed by atoms with Gasteiger partial charge in [0, 0.05) is 0 Å². The molecule has 0 aromatic heterocycles. The van der Waals surface area contributed by atoms with E-state index in [1.54, 1.807) is 12.2 Å². The van der Waals surface area contributed by atoms with Gasteiger partial charge in [0.2, 0.25) is 6.41 Å². The largest absolute Gasteiger partial charge is 0.467 e. The van der Waals surface area contributed by atoms with Gasteiger partial charge >= 0.3 is 12.1 Å². The molecule has 0 radical (unpaired) electrons. The van der Waals surface area contributed by atoms with Gasteiger partial charge in [0.25, 0.3) is 0 Å². The molecule has 5 nitrogen and oxygen atoms in total. The van der Waals surface area contributed by atoms with Crippen molar-refractivity contribution in [3.8, 4) is 0 Å². The van der Waals surface area contributed by atoms with Crippen LogP contribution < -0.4 is 5.32 Å². The summed E-state index contributed by atoms with van der Waals surface area (Å²) in [6.45, 7) is 1.64. The maximum atomic E-state index is 12.9. The number of carbonyl (C=O) groups excluding carboxylic acids is 2. The highest BCUT2D eigenvalue weighted by molar-refractivity contribution is 5.79. The summed E-state index contributed by atoms with van der Waals surface area (Å²) in [6, 6.07) is -2.17. The lowest BCUT2D eigenvalue weighted by atomic mass is 9.87. The second-order valence-electron chi connectivity index (χ2n) is 3.77. The number of ether oxygens (including phenoxy) is 1. The number of halogens is 3. The third-order valence-electron chi connectivity index (χ3n) is 2.55. The fraction of sp³-hybridized carbons (Fsp3) is 0.800. The van der Waals surface area contributed by atoms with Crippen LogP contribution in [0.15, 0.2) is 0 Å². The van der Waals surface area contributed by atoms with Crippen LogP contribution in [0.2, 0.25) is 0 Å². The number of rotatable bonds is 7. The lowest BCUT2D eigenvalue weighted by molar-refractivity contribution is -0.272. The average molecular weight is 271 g/mol. The molecule has 106 valence electrons. The lowest BCUT2D eigenvalue weighted by Gasteiger charge is -2.35. The van der Waals surface area contributed by atoms with Gasteiger partial charge in [-0.15, -0.1) is 0 Å². The van der Waals surface area contributed by atoms with Gasteiger partial charge in [-0.25, -0.2) is 4.79 Å². The van der Waals surface area contributed by atoms with Gasteiger partial charge < -0.3 is 15.2 Å². The first-order valence-corrected chi connectivity index (χ1v) is 5.31. The first-order valence-electron chi connectivity index (χ1n) is 5.31. The van der Waals surface area contributed by atoms with Gasteiger partial charge in [0.15, 0.2) is 11.6 Å². The topological polar surface area (TPSA) is 75.6 Å². The smallest absolute Gasteiger partial charge is 0.419 e. The van der Waals surface area contributed by atoms with E-state index in [9.17, 15) is 27.9 Å². The van der Waals surface area contributed by atoms with Crippen LogP contribution in [-0.4, -0.2) is 42.4 Å². The van der Waals surface area contributed by atoms with E-state index in [-0.39, 0.29) is 12.8 Å². The number of hydrogen-bond donors (Lipinski definition) is 2. The number of aliphatic hydroxyl groups is 1. The number of amides is 1. The molecule has 2 atom stereocenters. The van der Waals surface area contributed by atoms with Crippen LogP contribution in [0.25, 0.3) is 0 Å². The Morgan fingerprint density at radius 2 is 2.06 bits per heavy atom. The van der Waals surface area contributed by atoms with Gasteiger partial charge in [-0.3, -0.25) is 4.79 Å². The Balaban J connectivity index is 5.34. The van der Waals surface area contributed by atoms with Gasteiger partial charge in [0.1, 0.15) is 0 Å². The number of methoxy groups -OCH3 is 1. The molecule has 1 amide bonds. The highest BCUT2D eigenvalue weighted by Crippen LogP contribution is 2.37. The molecule has 0 aromatic rings. The van der Waals surface area contributed by atoms with Crippen molar-refractivity contribution in [3.05, 3.63) is 0 Å². The maximum absolute atomic E-state index is 12.9. The van der Waals surface area contributed by atoms with E-state index in [0.29, 0.717) is 6.42 Å². The van der Waals surface area contributed by atoms with Crippen molar-refractivity contribution in [1.82, 2.24) is 5.32 Å². The normalized spacial score (nSPS) is 16.6. The standard InChI is InChI=1S/C10H16F3NO4/c1-3-4-5-9(17,10(11,12)13)7(14-6-15)8(16)18-2/h6-7,17H,3-5H2,1-2H3,(H,14,15)/t7-,9+/m1/s1. The minimum atomic E-state index is -5.06. The second kappa shape index (κ2) is 6.58. The minimum Gasteiger partial charge on any atom is -0.467 e. The molecule has 0 unspecified atom stereocenters. The van der Waals surface area contributed by atoms with E-state index in [4.69, 9.17) is 0 Å². The zero-order valence-electron chi connectivity index (χ0n) is 10.1. The highest BCUT2D eigenvalue weighted by Gasteiger charge is 2.60. The fourth-order valence-electron chi connectivity index (χ4n) is 1.48. The first-order chi connectivity index (χ1) is 8.24. The summed E-state index contributed by atoms with van der Waals surface area (Å²) < 4.78 is 42.8. The Bertz CT molecular complexity index is 295. The average Bonchev–Trinajstić information content (AvgIpc) is 2.30. The van der Waals surface area contributed by atoms with Gasteiger partial charge in [-0.2, -0.15) is 13.2 Å². The predicted molar refractivity (Wildman–Crippen MR) is 55.5 cm³/mol. The highest BCUT2D eigenvalue weighted by atomic mass is 19.4. The minimum absolute atomic E-state index is 0.0457. The molecule has 18 heavy (non-hydrogen) atoms. The van der Waals surface area contributed by atoms with Crippen LogP contribution in [0.5, 0.6) is 0 Å². The van der Waals surface area contributed by atoms with Gasteiger partial charge in [0.05, 0.1) is 7.11 Å². The summed E-state index contributed by atoms with van der Waals surface area (Å²) in [6.07, 6.45) is -5.40. The Hall–Kier alpha value is -1.31. The van der Waals surface area contributed by atoms with Crippen molar-refractivity contribution in [2.24, 2.45) is 0 Å². The number of unbranched alkanes of at least 4 members (excludes halogenated alkanes) is 1. The van der Waals surface area contributed by atoms with E-state index in [1.165, 1.54) is 0 Å². The zero-order valence-corrected chi connectivity index (χ0v) is 10.1. The van der Waals surface area contributed by atoms with Crippen molar-refractivity contribution in [3.63, 3.8) is 0 Å². The van der Waals surface area contributed by atoms with E-state index in [1.807, 2.05) is 0 Å². The Morgan fingerprint density at radius 1 is 1.50 bits per heavy atom. The number of esters is 1. The quantitative estimate of drug-likeness (QED) is 0.529. The molecule has 0 saturated heterocycles. The van der Waals surface area contributed by atoms with Crippen LogP contribution in [-0.2, 0) is 14.3 Å². The third-order valence-corrected chi connectivity index (χ3v) is 2.55. The molecule has 0 rings (SSSR count). The third kappa shape index (κ3) is 3.59. The SMILES string of the molecule is CCCC[C@](O)([C@H](NC=O)C(=O)OC)C(F)(F)F. The zero-order chi connectivity index (χ0) is 14.4. The van der Waals surface area contributed by atoms with E-state index in [0.717, 1.165) is 7.11 Å². The molecule has 0 bridgehead atoms. The van der Waals surface area contributed by atoms with Gasteiger partial charge in [-0.1, -0.05) is 19.8 Å². The van der Waals surface area contributed by atoms with Crippen LogP contribution in [0, 0.1) is 0 Å². The number of hydrogen-bond acceptors (Lipinski definition) is 4. The summed E-state index contributed by atoms with van der Waals surface area (Å²) in [4.78, 5) is 21.5. The molecule has 0 fully saturated rings. The van der Waals surface area contributed by atoms with Crippen molar-refractivity contribution in [2.75, 3.05) is 7.11 Å². The molecule has 2 N–H and O–H groups in total. The van der Waals surface area contributed by atoms with Crippen molar-refractivity contribution >= 4 is 12.4 Å². The Labute approximate surface area is 102 Å². The number of nitrogens with one attached hydrogen (secondary N) is 1. The maximum Gasteiger partial charge on any atom is 0.419 e. The summed E-state index contributed by atoms with van der Waals surface area (Å²) in [5, 5.41) is 11.4.